The zero-order valence-corrected chi connectivity index (χ0v) is 10.2. The van der Waals surface area contributed by atoms with E-state index in [0.717, 1.165) is 0 Å². The number of carbonyl (C=O) groups excluding carboxylic acids is 1. The molecular weight excluding hydrogens is 224 g/mol. The Bertz CT molecular complexity index is 364. The average molecular weight is 242 g/mol. The molecule has 0 spiro atoms. The van der Waals surface area contributed by atoms with Crippen molar-refractivity contribution in [3.8, 4) is 0 Å². The van der Waals surface area contributed by atoms with E-state index in [0.29, 0.717) is 38.5 Å². The number of nitrogens with zero attached hydrogens (tertiary/aromatic N) is 3. The average Bonchev–Trinajstić information content (AvgIpc) is 2.70. The van der Waals surface area contributed by atoms with Crippen molar-refractivity contribution in [3.63, 3.8) is 0 Å². The summed E-state index contributed by atoms with van der Waals surface area (Å²) in [5.41, 5.74) is 6.13. The molecule has 0 saturated carbocycles. The van der Waals surface area contributed by atoms with Crippen LogP contribution in [-0.4, -0.2) is 47.8 Å². The minimum Gasteiger partial charge on any atom is -0.384 e. The second-order valence-corrected chi connectivity index (χ2v) is 3.41. The van der Waals surface area contributed by atoms with Crippen molar-refractivity contribution >= 4 is 5.91 Å². The van der Waals surface area contributed by atoms with Crippen LogP contribution in [0.4, 0.5) is 0 Å². The summed E-state index contributed by atoms with van der Waals surface area (Å²) in [6.07, 6.45) is 0.550. The van der Waals surface area contributed by atoms with Crippen LogP contribution in [0.15, 0.2) is 0 Å². The second kappa shape index (κ2) is 6.97. The first-order valence-electron chi connectivity index (χ1n) is 5.49. The van der Waals surface area contributed by atoms with Gasteiger partial charge in [-0.25, -0.2) is 4.68 Å². The van der Waals surface area contributed by atoms with Gasteiger partial charge >= 0.3 is 0 Å². The molecule has 7 heteroatoms. The van der Waals surface area contributed by atoms with Gasteiger partial charge in [-0.3, -0.25) is 4.79 Å². The van der Waals surface area contributed by atoms with Gasteiger partial charge < -0.3 is 15.2 Å². The third-order valence-electron chi connectivity index (χ3n) is 2.27. The van der Waals surface area contributed by atoms with Crippen LogP contribution < -0.4 is 5.73 Å². The van der Waals surface area contributed by atoms with Crippen LogP contribution >= 0.6 is 0 Å². The van der Waals surface area contributed by atoms with Gasteiger partial charge in [0.15, 0.2) is 5.69 Å². The third-order valence-corrected chi connectivity index (χ3v) is 2.27. The fourth-order valence-electron chi connectivity index (χ4n) is 1.45. The quantitative estimate of drug-likeness (QED) is 0.626. The van der Waals surface area contributed by atoms with E-state index in [1.54, 1.807) is 11.8 Å². The highest BCUT2D eigenvalue weighted by atomic mass is 16.5. The van der Waals surface area contributed by atoms with Crippen molar-refractivity contribution < 1.29 is 14.3 Å². The predicted octanol–water partition coefficient (Wildman–Crippen LogP) is -0.398. The van der Waals surface area contributed by atoms with Gasteiger partial charge in [-0.05, 0) is 6.92 Å². The molecule has 1 aromatic heterocycles. The lowest BCUT2D eigenvalue weighted by Crippen LogP contribution is -2.17. The molecule has 0 radical (unpaired) electrons. The number of rotatable bonds is 8. The Balaban J connectivity index is 2.76. The highest BCUT2D eigenvalue weighted by Crippen LogP contribution is 2.06. The summed E-state index contributed by atoms with van der Waals surface area (Å²) < 4.78 is 11.8. The fourth-order valence-corrected chi connectivity index (χ4v) is 1.45. The number of aromatic nitrogens is 3. The van der Waals surface area contributed by atoms with E-state index in [4.69, 9.17) is 15.2 Å². The first-order valence-corrected chi connectivity index (χ1v) is 5.49. The van der Waals surface area contributed by atoms with Crippen molar-refractivity contribution in [2.45, 2.75) is 19.9 Å². The molecule has 0 aliphatic rings. The van der Waals surface area contributed by atoms with Crippen molar-refractivity contribution in [1.29, 1.82) is 0 Å². The Morgan fingerprint density at radius 2 is 2.24 bits per heavy atom. The maximum atomic E-state index is 11.2. The van der Waals surface area contributed by atoms with Gasteiger partial charge in [0.1, 0.15) is 0 Å². The summed E-state index contributed by atoms with van der Waals surface area (Å²) in [7, 11) is 1.60. The maximum absolute atomic E-state index is 11.2. The van der Waals surface area contributed by atoms with E-state index >= 15 is 0 Å². The number of hydrogen-bond donors (Lipinski definition) is 1. The van der Waals surface area contributed by atoms with E-state index in [9.17, 15) is 4.79 Å². The van der Waals surface area contributed by atoms with Gasteiger partial charge in [-0.2, -0.15) is 0 Å². The predicted molar refractivity (Wildman–Crippen MR) is 60.6 cm³/mol. The Kier molecular flexibility index (Phi) is 5.58. The van der Waals surface area contributed by atoms with Crippen molar-refractivity contribution in [3.05, 3.63) is 11.4 Å². The molecule has 0 saturated heterocycles. The molecule has 1 heterocycles. The number of amides is 1. The number of carbonyl (C=O) groups is 1. The van der Waals surface area contributed by atoms with Crippen molar-refractivity contribution in [2.24, 2.45) is 5.73 Å². The molecule has 7 nitrogen and oxygen atoms in total. The Morgan fingerprint density at radius 3 is 2.82 bits per heavy atom. The molecule has 17 heavy (non-hydrogen) atoms. The Labute approximate surface area is 99.9 Å². The standard InChI is InChI=1S/C10H18N4O3/c1-3-17-7-5-14-8(4-6-16-2)9(10(11)15)12-13-14/h3-7H2,1-2H3,(H2,11,15). The molecule has 0 bridgehead atoms. The van der Waals surface area contributed by atoms with E-state index < -0.39 is 5.91 Å². The lowest BCUT2D eigenvalue weighted by Gasteiger charge is -2.06. The Hall–Kier alpha value is -1.47. The van der Waals surface area contributed by atoms with E-state index in [1.165, 1.54) is 0 Å². The molecule has 0 aliphatic heterocycles. The highest BCUT2D eigenvalue weighted by Gasteiger charge is 2.16. The number of hydrogen-bond acceptors (Lipinski definition) is 5. The topological polar surface area (TPSA) is 92.3 Å². The monoisotopic (exact) mass is 242 g/mol. The maximum Gasteiger partial charge on any atom is 0.271 e. The second-order valence-electron chi connectivity index (χ2n) is 3.41. The molecular formula is C10H18N4O3. The van der Waals surface area contributed by atoms with Gasteiger partial charge in [0, 0.05) is 20.1 Å². The van der Waals surface area contributed by atoms with Gasteiger partial charge in [-0.1, -0.05) is 5.21 Å². The molecule has 96 valence electrons. The number of methoxy groups -OCH3 is 1. The van der Waals surface area contributed by atoms with E-state index in [-0.39, 0.29) is 5.69 Å². The minimum absolute atomic E-state index is 0.207. The van der Waals surface area contributed by atoms with Gasteiger partial charge in [0.2, 0.25) is 0 Å². The number of primary amides is 1. The van der Waals surface area contributed by atoms with Crippen LogP contribution in [0.3, 0.4) is 0 Å². The molecule has 0 unspecified atom stereocenters. The summed E-state index contributed by atoms with van der Waals surface area (Å²) in [6, 6.07) is 0. The van der Waals surface area contributed by atoms with Gasteiger partial charge in [0.05, 0.1) is 25.5 Å². The van der Waals surface area contributed by atoms with Crippen molar-refractivity contribution in [2.75, 3.05) is 26.9 Å². The molecule has 0 fully saturated rings. The van der Waals surface area contributed by atoms with Crippen molar-refractivity contribution in [1.82, 2.24) is 15.0 Å². The first kappa shape index (κ1) is 13.6. The van der Waals surface area contributed by atoms with E-state index in [1.807, 2.05) is 6.92 Å². The molecule has 2 N–H and O–H groups in total. The molecule has 0 aliphatic carbocycles. The smallest absolute Gasteiger partial charge is 0.271 e. The lowest BCUT2D eigenvalue weighted by atomic mass is 10.2. The zero-order valence-electron chi connectivity index (χ0n) is 10.2. The SMILES string of the molecule is CCOCCn1nnc(C(N)=O)c1CCOC. The fraction of sp³-hybridized carbons (Fsp3) is 0.700. The molecule has 1 amide bonds. The number of nitrogens with two attached hydrogens (primary N) is 1. The molecule has 0 atom stereocenters. The largest absolute Gasteiger partial charge is 0.384 e. The van der Waals surface area contributed by atoms with Crippen LogP contribution in [-0.2, 0) is 22.4 Å². The normalized spacial score (nSPS) is 10.7. The zero-order chi connectivity index (χ0) is 12.7. The van der Waals surface area contributed by atoms with Crippen LogP contribution in [0, 0.1) is 0 Å². The minimum atomic E-state index is -0.571. The summed E-state index contributed by atoms with van der Waals surface area (Å²) in [4.78, 5) is 11.2. The van der Waals surface area contributed by atoms with E-state index in [2.05, 4.69) is 10.3 Å². The Morgan fingerprint density at radius 1 is 1.47 bits per heavy atom. The first-order chi connectivity index (χ1) is 8.20. The van der Waals surface area contributed by atoms with Crippen LogP contribution in [0.25, 0.3) is 0 Å². The van der Waals surface area contributed by atoms with Gasteiger partial charge in [-0.15, -0.1) is 5.10 Å². The molecule has 1 rings (SSSR count). The lowest BCUT2D eigenvalue weighted by molar-refractivity contribution is 0.0993. The molecule has 1 aromatic rings. The molecule has 0 aromatic carbocycles. The summed E-state index contributed by atoms with van der Waals surface area (Å²) in [5, 5.41) is 7.67. The van der Waals surface area contributed by atoms with Crippen LogP contribution in [0.2, 0.25) is 0 Å². The third kappa shape index (κ3) is 3.79. The summed E-state index contributed by atoms with van der Waals surface area (Å²) in [6.45, 7) is 4.13. The summed E-state index contributed by atoms with van der Waals surface area (Å²) in [5.74, 6) is -0.571. The van der Waals surface area contributed by atoms with Crippen LogP contribution in [0.1, 0.15) is 23.1 Å². The van der Waals surface area contributed by atoms with Crippen LogP contribution in [0.5, 0.6) is 0 Å². The highest BCUT2D eigenvalue weighted by molar-refractivity contribution is 5.91. The van der Waals surface area contributed by atoms with Gasteiger partial charge in [0.25, 0.3) is 5.91 Å². The summed E-state index contributed by atoms with van der Waals surface area (Å²) >= 11 is 0. The number of ether oxygens (including phenoxy) is 2.